The average Bonchev–Trinajstić information content (AvgIpc) is 2.63. The fourth-order valence-corrected chi connectivity index (χ4v) is 2.92. The van der Waals surface area contributed by atoms with Crippen LogP contribution in [0.5, 0.6) is 0 Å². The minimum atomic E-state index is -0.445. The van der Waals surface area contributed by atoms with Crippen molar-refractivity contribution in [3.8, 4) is 0 Å². The molecule has 1 saturated heterocycles. The quantitative estimate of drug-likeness (QED) is 0.705. The van der Waals surface area contributed by atoms with Crippen LogP contribution in [0.25, 0.3) is 0 Å². The van der Waals surface area contributed by atoms with Gasteiger partial charge in [-0.05, 0) is 37.5 Å². The Kier molecular flexibility index (Phi) is 7.90. The van der Waals surface area contributed by atoms with E-state index in [0.29, 0.717) is 32.5 Å². The van der Waals surface area contributed by atoms with Crippen molar-refractivity contribution in [1.82, 2.24) is 10.2 Å². The topological polar surface area (TPSA) is 84.9 Å². The van der Waals surface area contributed by atoms with Crippen LogP contribution in [0.2, 0.25) is 0 Å². The van der Waals surface area contributed by atoms with E-state index in [1.165, 1.54) is 0 Å². The molecule has 0 aromatic heterocycles. The molecule has 0 atom stereocenters. The van der Waals surface area contributed by atoms with Gasteiger partial charge in [0.15, 0.2) is 6.61 Å². The number of halogens is 1. The molecule has 1 aromatic rings. The summed E-state index contributed by atoms with van der Waals surface area (Å²) in [6, 6.07) is 7.31. The van der Waals surface area contributed by atoms with Crippen molar-refractivity contribution >= 4 is 33.9 Å². The Morgan fingerprint density at radius 2 is 1.81 bits per heavy atom. The second kappa shape index (κ2) is 10.2. The largest absolute Gasteiger partial charge is 0.455 e. The third-order valence-electron chi connectivity index (χ3n) is 4.01. The van der Waals surface area contributed by atoms with Crippen LogP contribution in [0.3, 0.4) is 0 Å². The molecule has 2 rings (SSSR count). The Hall–Kier alpha value is -2.09. The van der Waals surface area contributed by atoms with E-state index in [1.807, 2.05) is 24.3 Å². The zero-order valence-corrected chi connectivity index (χ0v) is 16.3. The lowest BCUT2D eigenvalue weighted by atomic mass is 10.1. The summed E-state index contributed by atoms with van der Waals surface area (Å²) in [6.45, 7) is 2.89. The van der Waals surface area contributed by atoms with Crippen LogP contribution in [-0.2, 0) is 25.5 Å². The van der Waals surface area contributed by atoms with Crippen LogP contribution >= 0.6 is 15.9 Å². The zero-order valence-electron chi connectivity index (χ0n) is 14.7. The summed E-state index contributed by atoms with van der Waals surface area (Å²) in [5.41, 5.74) is 0.824. The second-order valence-electron chi connectivity index (χ2n) is 5.99. The van der Waals surface area contributed by atoms with E-state index in [9.17, 15) is 14.4 Å². The van der Waals surface area contributed by atoms with Crippen LogP contribution in [0, 0.1) is 0 Å². The van der Waals surface area contributed by atoms with Gasteiger partial charge in [0.05, 0.1) is 13.0 Å². The number of nitrogens with one attached hydrogen (secondary N) is 1. The molecule has 0 saturated carbocycles. The standard InChI is InChI=1S/C18H23BrN2O5/c1-2-25-18(24)21-9-7-15(8-10-21)20-16(22)12-26-17(23)11-13-3-5-14(19)6-4-13/h3-6,15H,2,7-12H2,1H3,(H,20,22). The van der Waals surface area contributed by atoms with Crippen molar-refractivity contribution in [2.45, 2.75) is 32.2 Å². The Morgan fingerprint density at radius 1 is 1.15 bits per heavy atom. The lowest BCUT2D eigenvalue weighted by molar-refractivity contribution is -0.148. The van der Waals surface area contributed by atoms with Crippen LogP contribution in [0.15, 0.2) is 28.7 Å². The summed E-state index contributed by atoms with van der Waals surface area (Å²) in [7, 11) is 0. The number of amides is 2. The first-order valence-corrected chi connectivity index (χ1v) is 9.38. The maximum atomic E-state index is 11.9. The van der Waals surface area contributed by atoms with Crippen molar-refractivity contribution in [2.24, 2.45) is 0 Å². The van der Waals surface area contributed by atoms with Gasteiger partial charge in [0.1, 0.15) is 0 Å². The second-order valence-corrected chi connectivity index (χ2v) is 6.91. The lowest BCUT2D eigenvalue weighted by Crippen LogP contribution is -2.47. The molecule has 8 heteroatoms. The number of hydrogen-bond donors (Lipinski definition) is 1. The Bertz CT molecular complexity index is 627. The average molecular weight is 427 g/mol. The van der Waals surface area contributed by atoms with Crippen LogP contribution in [0.4, 0.5) is 4.79 Å². The van der Waals surface area contributed by atoms with Gasteiger partial charge in [-0.3, -0.25) is 9.59 Å². The molecule has 1 fully saturated rings. The highest BCUT2D eigenvalue weighted by Gasteiger charge is 2.24. The van der Waals surface area contributed by atoms with Gasteiger partial charge in [0.2, 0.25) is 0 Å². The molecule has 0 spiro atoms. The van der Waals surface area contributed by atoms with E-state index in [0.717, 1.165) is 10.0 Å². The van der Waals surface area contributed by atoms with E-state index in [-0.39, 0.29) is 31.1 Å². The maximum Gasteiger partial charge on any atom is 0.409 e. The highest BCUT2D eigenvalue weighted by molar-refractivity contribution is 9.10. The highest BCUT2D eigenvalue weighted by Crippen LogP contribution is 2.12. The molecule has 7 nitrogen and oxygen atoms in total. The molecule has 1 aliphatic rings. The maximum absolute atomic E-state index is 11.9. The van der Waals surface area contributed by atoms with Gasteiger partial charge in [-0.2, -0.15) is 0 Å². The smallest absolute Gasteiger partial charge is 0.409 e. The van der Waals surface area contributed by atoms with E-state index in [4.69, 9.17) is 9.47 Å². The number of ether oxygens (including phenoxy) is 2. The van der Waals surface area contributed by atoms with Crippen LogP contribution in [-0.4, -0.2) is 55.2 Å². The van der Waals surface area contributed by atoms with Gasteiger partial charge in [-0.15, -0.1) is 0 Å². The summed E-state index contributed by atoms with van der Waals surface area (Å²) in [5.74, 6) is -0.775. The van der Waals surface area contributed by atoms with Crippen molar-refractivity contribution in [1.29, 1.82) is 0 Å². The van der Waals surface area contributed by atoms with Gasteiger partial charge >= 0.3 is 12.1 Å². The van der Waals surface area contributed by atoms with Crippen molar-refractivity contribution < 1.29 is 23.9 Å². The Balaban J connectivity index is 1.65. The number of esters is 1. The first-order chi connectivity index (χ1) is 12.5. The number of nitrogens with zero attached hydrogens (tertiary/aromatic N) is 1. The third kappa shape index (κ3) is 6.67. The van der Waals surface area contributed by atoms with Crippen LogP contribution in [0.1, 0.15) is 25.3 Å². The minimum absolute atomic E-state index is 0.0293. The molecule has 0 unspecified atom stereocenters. The summed E-state index contributed by atoms with van der Waals surface area (Å²) >= 11 is 3.33. The van der Waals surface area contributed by atoms with E-state index in [2.05, 4.69) is 21.2 Å². The molecule has 1 aliphatic heterocycles. The normalized spacial score (nSPS) is 14.6. The fourth-order valence-electron chi connectivity index (χ4n) is 2.66. The van der Waals surface area contributed by atoms with Crippen molar-refractivity contribution in [2.75, 3.05) is 26.3 Å². The summed E-state index contributed by atoms with van der Waals surface area (Å²) in [6.07, 6.45) is 1.10. The van der Waals surface area contributed by atoms with Crippen LogP contribution < -0.4 is 5.32 Å². The number of carbonyl (C=O) groups is 3. The summed E-state index contributed by atoms with van der Waals surface area (Å²) < 4.78 is 10.9. The monoisotopic (exact) mass is 426 g/mol. The molecule has 0 radical (unpaired) electrons. The predicted molar refractivity (Wildman–Crippen MR) is 98.6 cm³/mol. The Morgan fingerprint density at radius 3 is 2.42 bits per heavy atom. The zero-order chi connectivity index (χ0) is 18.9. The molecule has 2 amide bonds. The lowest BCUT2D eigenvalue weighted by Gasteiger charge is -2.31. The van der Waals surface area contributed by atoms with Crippen molar-refractivity contribution in [3.05, 3.63) is 34.3 Å². The minimum Gasteiger partial charge on any atom is -0.455 e. The van der Waals surface area contributed by atoms with E-state index in [1.54, 1.807) is 11.8 Å². The molecule has 1 aromatic carbocycles. The molecule has 1 N–H and O–H groups in total. The fraction of sp³-hybridized carbons (Fsp3) is 0.500. The molecule has 0 bridgehead atoms. The first-order valence-electron chi connectivity index (χ1n) is 8.59. The molecule has 142 valence electrons. The molecular formula is C18H23BrN2O5. The molecule has 0 aliphatic carbocycles. The third-order valence-corrected chi connectivity index (χ3v) is 4.54. The summed E-state index contributed by atoms with van der Waals surface area (Å²) in [4.78, 5) is 37.0. The Labute approximate surface area is 161 Å². The van der Waals surface area contributed by atoms with E-state index >= 15 is 0 Å². The number of benzene rings is 1. The number of rotatable bonds is 6. The first kappa shape index (κ1) is 20.2. The molecular weight excluding hydrogens is 404 g/mol. The molecule has 26 heavy (non-hydrogen) atoms. The number of carbonyl (C=O) groups excluding carboxylic acids is 3. The van der Waals surface area contributed by atoms with E-state index < -0.39 is 5.97 Å². The van der Waals surface area contributed by atoms with Gasteiger partial charge in [-0.1, -0.05) is 28.1 Å². The number of piperidine rings is 1. The van der Waals surface area contributed by atoms with Gasteiger partial charge in [-0.25, -0.2) is 4.79 Å². The number of likely N-dealkylation sites (tertiary alicyclic amines) is 1. The van der Waals surface area contributed by atoms with Crippen molar-refractivity contribution in [3.63, 3.8) is 0 Å². The SMILES string of the molecule is CCOC(=O)N1CCC(NC(=O)COC(=O)Cc2ccc(Br)cc2)CC1. The van der Waals surface area contributed by atoms with Gasteiger partial charge in [0, 0.05) is 23.6 Å². The summed E-state index contributed by atoms with van der Waals surface area (Å²) in [5, 5.41) is 2.84. The van der Waals surface area contributed by atoms with Gasteiger partial charge < -0.3 is 19.7 Å². The highest BCUT2D eigenvalue weighted by atomic mass is 79.9. The predicted octanol–water partition coefficient (Wildman–Crippen LogP) is 2.27. The number of hydrogen-bond acceptors (Lipinski definition) is 5. The van der Waals surface area contributed by atoms with Gasteiger partial charge in [0.25, 0.3) is 5.91 Å². The molecule has 1 heterocycles.